The number of ether oxygens (including phenoxy) is 1. The first-order valence-electron chi connectivity index (χ1n) is 5.92. The molecule has 0 N–H and O–H groups in total. The van der Waals surface area contributed by atoms with Gasteiger partial charge >= 0.3 is 5.97 Å². The van der Waals surface area contributed by atoms with Crippen LogP contribution < -0.4 is 0 Å². The zero-order chi connectivity index (χ0) is 14.5. The molecule has 0 amide bonds. The fraction of sp³-hybridized carbons (Fsp3) is 0.0769. The lowest BCUT2D eigenvalue weighted by molar-refractivity contribution is -0.139. The predicted octanol–water partition coefficient (Wildman–Crippen LogP) is 3.01. The van der Waals surface area contributed by atoms with Gasteiger partial charge in [0.25, 0.3) is 5.89 Å². The van der Waals surface area contributed by atoms with E-state index < -0.39 is 5.97 Å². The van der Waals surface area contributed by atoms with E-state index in [1.165, 1.54) is 28.7 Å². The highest BCUT2D eigenvalue weighted by Gasteiger charge is 2.10. The zero-order valence-electron chi connectivity index (χ0n) is 10.6. The monoisotopic (exact) mass is 319 g/mol. The second-order valence-electron chi connectivity index (χ2n) is 3.80. The molecular formula is C13H9N3O3S2. The fourth-order valence-corrected chi connectivity index (χ4v) is 2.64. The Balaban J connectivity index is 1.54. The van der Waals surface area contributed by atoms with E-state index in [1.54, 1.807) is 12.3 Å². The summed E-state index contributed by atoms with van der Waals surface area (Å²) >= 11 is 2.95. The van der Waals surface area contributed by atoms with Gasteiger partial charge in [0, 0.05) is 17.7 Å². The van der Waals surface area contributed by atoms with Crippen molar-refractivity contribution >= 4 is 34.7 Å². The van der Waals surface area contributed by atoms with E-state index in [1.807, 2.05) is 22.9 Å². The maximum atomic E-state index is 11.5. The minimum Gasteiger partial charge on any atom is -0.452 e. The molecule has 0 radical (unpaired) electrons. The van der Waals surface area contributed by atoms with Gasteiger partial charge in [-0.1, -0.05) is 11.2 Å². The van der Waals surface area contributed by atoms with Gasteiger partial charge in [0.1, 0.15) is 5.01 Å². The van der Waals surface area contributed by atoms with Crippen molar-refractivity contribution in [2.24, 2.45) is 0 Å². The van der Waals surface area contributed by atoms with Crippen LogP contribution in [-0.4, -0.2) is 21.1 Å². The van der Waals surface area contributed by atoms with Gasteiger partial charge in [-0.3, -0.25) is 0 Å². The Morgan fingerprint density at radius 3 is 3.10 bits per heavy atom. The lowest BCUT2D eigenvalue weighted by Gasteiger charge is -1.95. The van der Waals surface area contributed by atoms with E-state index in [0.717, 1.165) is 9.88 Å². The summed E-state index contributed by atoms with van der Waals surface area (Å²) in [6.07, 6.45) is 4.58. The van der Waals surface area contributed by atoms with Crippen LogP contribution in [0.5, 0.6) is 0 Å². The van der Waals surface area contributed by atoms with Crippen molar-refractivity contribution in [2.75, 3.05) is 0 Å². The fourth-order valence-electron chi connectivity index (χ4n) is 1.46. The molecule has 8 heteroatoms. The zero-order valence-corrected chi connectivity index (χ0v) is 12.3. The lowest BCUT2D eigenvalue weighted by atomic mass is 10.4. The van der Waals surface area contributed by atoms with Crippen LogP contribution in [0.25, 0.3) is 16.8 Å². The number of thiophene rings is 1. The number of rotatable bonds is 5. The molecule has 3 aromatic rings. The summed E-state index contributed by atoms with van der Waals surface area (Å²) in [5, 5.41) is 8.32. The topological polar surface area (TPSA) is 78.1 Å². The molecule has 0 fully saturated rings. The van der Waals surface area contributed by atoms with Crippen molar-refractivity contribution in [3.8, 4) is 10.7 Å². The Labute approximate surface area is 127 Å². The molecule has 21 heavy (non-hydrogen) atoms. The molecule has 0 aliphatic rings. The number of hydrogen-bond donors (Lipinski definition) is 0. The van der Waals surface area contributed by atoms with Crippen molar-refractivity contribution in [1.82, 2.24) is 15.1 Å². The number of nitrogens with zero attached hydrogens (tertiary/aromatic N) is 3. The van der Waals surface area contributed by atoms with Gasteiger partial charge in [-0.2, -0.15) is 4.98 Å². The van der Waals surface area contributed by atoms with Gasteiger partial charge < -0.3 is 9.26 Å². The molecule has 0 saturated heterocycles. The number of hydrogen-bond acceptors (Lipinski definition) is 8. The summed E-state index contributed by atoms with van der Waals surface area (Å²) in [4.78, 5) is 20.6. The Morgan fingerprint density at radius 1 is 1.38 bits per heavy atom. The number of esters is 1. The minimum atomic E-state index is -0.485. The first-order chi connectivity index (χ1) is 10.3. The van der Waals surface area contributed by atoms with Gasteiger partial charge in [-0.25, -0.2) is 9.78 Å². The van der Waals surface area contributed by atoms with Crippen LogP contribution in [0.3, 0.4) is 0 Å². The van der Waals surface area contributed by atoms with Crippen LogP contribution >= 0.6 is 22.7 Å². The highest BCUT2D eigenvalue weighted by molar-refractivity contribution is 7.13. The average Bonchev–Trinajstić information content (AvgIpc) is 3.24. The predicted molar refractivity (Wildman–Crippen MR) is 78.6 cm³/mol. The molecule has 0 saturated carbocycles. The Bertz CT molecular complexity index is 733. The first-order valence-corrected chi connectivity index (χ1v) is 7.68. The first kappa shape index (κ1) is 13.7. The van der Waals surface area contributed by atoms with Gasteiger partial charge in [0.2, 0.25) is 5.82 Å². The highest BCUT2D eigenvalue weighted by Crippen LogP contribution is 2.21. The molecule has 3 rings (SSSR count). The number of carbonyl (C=O) groups excluding carboxylic acids is 1. The smallest absolute Gasteiger partial charge is 0.331 e. The molecule has 6 nitrogen and oxygen atoms in total. The van der Waals surface area contributed by atoms with Gasteiger partial charge in [-0.05, 0) is 17.5 Å². The molecule has 3 heterocycles. The summed E-state index contributed by atoms with van der Waals surface area (Å²) in [6, 6.07) is 3.79. The molecule has 0 atom stereocenters. The minimum absolute atomic E-state index is 0.0561. The second kappa shape index (κ2) is 6.42. The average molecular weight is 319 g/mol. The quantitative estimate of drug-likeness (QED) is 0.531. The summed E-state index contributed by atoms with van der Waals surface area (Å²) in [7, 11) is 0. The molecule has 0 spiro atoms. The van der Waals surface area contributed by atoms with Crippen LogP contribution in [0.2, 0.25) is 0 Å². The number of carbonyl (C=O) groups is 1. The molecule has 0 aliphatic carbocycles. The molecule has 0 unspecified atom stereocenters. The van der Waals surface area contributed by atoms with Crippen molar-refractivity contribution in [2.45, 2.75) is 6.61 Å². The van der Waals surface area contributed by atoms with E-state index in [2.05, 4.69) is 15.1 Å². The number of aromatic nitrogens is 3. The van der Waals surface area contributed by atoms with Crippen LogP contribution in [-0.2, 0) is 16.1 Å². The maximum absolute atomic E-state index is 11.5. The summed E-state index contributed by atoms with van der Waals surface area (Å²) < 4.78 is 10.0. The normalized spacial score (nSPS) is 11.0. The third-order valence-electron chi connectivity index (χ3n) is 2.36. The summed E-state index contributed by atoms with van der Waals surface area (Å²) in [5.41, 5.74) is 0. The molecular weight excluding hydrogens is 310 g/mol. The second-order valence-corrected chi connectivity index (χ2v) is 5.67. The van der Waals surface area contributed by atoms with E-state index in [9.17, 15) is 4.79 Å². The van der Waals surface area contributed by atoms with Crippen LogP contribution in [0.15, 0.2) is 39.7 Å². The third kappa shape index (κ3) is 3.61. The van der Waals surface area contributed by atoms with Crippen molar-refractivity contribution < 1.29 is 14.1 Å². The summed E-state index contributed by atoms with van der Waals surface area (Å²) in [6.45, 7) is -0.0561. The molecule has 106 valence electrons. The molecule has 3 aromatic heterocycles. The SMILES string of the molecule is O=C(/C=C/c1nccs1)OCc1nc(-c2cccs2)no1. The highest BCUT2D eigenvalue weighted by atomic mass is 32.1. The van der Waals surface area contributed by atoms with Gasteiger partial charge in [-0.15, -0.1) is 22.7 Å². The van der Waals surface area contributed by atoms with Crippen LogP contribution in [0.1, 0.15) is 10.9 Å². The maximum Gasteiger partial charge on any atom is 0.331 e. The third-order valence-corrected chi connectivity index (χ3v) is 3.97. The van der Waals surface area contributed by atoms with E-state index in [-0.39, 0.29) is 12.5 Å². The van der Waals surface area contributed by atoms with E-state index >= 15 is 0 Å². The van der Waals surface area contributed by atoms with Gasteiger partial charge in [0.05, 0.1) is 4.88 Å². The van der Waals surface area contributed by atoms with E-state index in [0.29, 0.717) is 5.82 Å². The van der Waals surface area contributed by atoms with Crippen LogP contribution in [0, 0.1) is 0 Å². The molecule has 0 aromatic carbocycles. The largest absolute Gasteiger partial charge is 0.452 e. The van der Waals surface area contributed by atoms with Crippen molar-refractivity contribution in [3.63, 3.8) is 0 Å². The Hall–Kier alpha value is -2.32. The Kier molecular flexibility index (Phi) is 4.17. The van der Waals surface area contributed by atoms with Crippen molar-refractivity contribution in [3.05, 3.63) is 46.1 Å². The summed E-state index contributed by atoms with van der Waals surface area (Å²) in [5.74, 6) is 0.268. The molecule has 0 aliphatic heterocycles. The van der Waals surface area contributed by atoms with E-state index in [4.69, 9.17) is 9.26 Å². The standard InChI is InChI=1S/C13H9N3O3S2/c17-12(4-3-11-14-5-7-21-11)18-8-10-15-13(16-19-10)9-2-1-6-20-9/h1-7H,8H2/b4-3+. The number of thiazole rings is 1. The Morgan fingerprint density at radius 2 is 2.33 bits per heavy atom. The molecule has 0 bridgehead atoms. The van der Waals surface area contributed by atoms with Crippen LogP contribution in [0.4, 0.5) is 0 Å². The lowest BCUT2D eigenvalue weighted by Crippen LogP contribution is -2.00. The van der Waals surface area contributed by atoms with Crippen molar-refractivity contribution in [1.29, 1.82) is 0 Å². The van der Waals surface area contributed by atoms with Gasteiger partial charge in [0.15, 0.2) is 6.61 Å².